The van der Waals surface area contributed by atoms with Gasteiger partial charge >= 0.3 is 0 Å². The standard InChI is InChI=1S/C20H16Cl2FN3O2S/c21-13-6-1-2-8-15(13)28-16-9-4-10-17-19(16)25-20(26-29(17)27)24-11-12-5-3-7-14(23)18(12)22/h1-10,16,19H,11H2,(H2,24,25,26). The second-order valence-electron chi connectivity index (χ2n) is 6.34. The molecule has 2 N–H and O–H groups in total. The van der Waals surface area contributed by atoms with Crippen LogP contribution >= 0.6 is 23.2 Å². The number of fused-ring (bicyclic) bond motifs is 1. The highest BCUT2D eigenvalue weighted by molar-refractivity contribution is 7.87. The summed E-state index contributed by atoms with van der Waals surface area (Å²) >= 11 is 12.2. The van der Waals surface area contributed by atoms with Gasteiger partial charge in [-0.15, -0.1) is 0 Å². The number of guanidine groups is 1. The maximum absolute atomic E-state index is 13.6. The van der Waals surface area contributed by atoms with Gasteiger partial charge in [-0.1, -0.05) is 53.5 Å². The number of hydrogen-bond acceptors (Lipinski definition) is 3. The quantitative estimate of drug-likeness (QED) is 0.734. The normalized spacial score (nSPS) is 24.3. The van der Waals surface area contributed by atoms with Gasteiger partial charge in [0.25, 0.3) is 0 Å². The second-order valence-corrected chi connectivity index (χ2v) is 8.34. The van der Waals surface area contributed by atoms with Gasteiger partial charge in [0.1, 0.15) is 23.7 Å². The third-order valence-electron chi connectivity index (χ3n) is 4.43. The lowest BCUT2D eigenvalue weighted by Gasteiger charge is -2.35. The Kier molecular flexibility index (Phi) is 5.89. The highest BCUT2D eigenvalue weighted by Crippen LogP contribution is 2.29. The second kappa shape index (κ2) is 8.57. The Bertz CT molecular complexity index is 1060. The minimum Gasteiger partial charge on any atom is -0.482 e. The van der Waals surface area contributed by atoms with E-state index in [1.165, 1.54) is 6.07 Å². The van der Waals surface area contributed by atoms with Crippen molar-refractivity contribution in [3.05, 3.63) is 87.0 Å². The van der Waals surface area contributed by atoms with E-state index in [-0.39, 0.29) is 11.6 Å². The zero-order valence-corrected chi connectivity index (χ0v) is 17.3. The Balaban J connectivity index is 1.54. The first-order valence-electron chi connectivity index (χ1n) is 8.75. The van der Waals surface area contributed by atoms with Crippen LogP contribution in [0.1, 0.15) is 5.56 Å². The predicted octanol–water partition coefficient (Wildman–Crippen LogP) is 4.11. The molecular weight excluding hydrogens is 436 g/mol. The predicted molar refractivity (Wildman–Crippen MR) is 114 cm³/mol. The van der Waals surface area contributed by atoms with Crippen LogP contribution in [0.2, 0.25) is 10.0 Å². The van der Waals surface area contributed by atoms with Gasteiger partial charge in [0.15, 0.2) is 11.0 Å². The van der Waals surface area contributed by atoms with Gasteiger partial charge in [-0.2, -0.15) is 0 Å². The minimum atomic E-state index is -1.49. The van der Waals surface area contributed by atoms with Crippen molar-refractivity contribution in [3.63, 3.8) is 0 Å². The largest absolute Gasteiger partial charge is 0.482 e. The van der Waals surface area contributed by atoms with Gasteiger partial charge in [0.2, 0.25) is 5.96 Å². The molecule has 150 valence electrons. The number of nitrogens with zero attached hydrogens (tertiary/aromatic N) is 1. The van der Waals surface area contributed by atoms with E-state index < -0.39 is 28.9 Å². The fourth-order valence-corrected chi connectivity index (χ4v) is 4.41. The SMILES string of the molecule is O=S1NC(=NCc2cccc(F)c2Cl)NC2C1=CC=CC2Oc1ccccc1Cl. The van der Waals surface area contributed by atoms with Crippen molar-refractivity contribution in [2.24, 2.45) is 4.99 Å². The molecule has 1 fully saturated rings. The van der Waals surface area contributed by atoms with Crippen LogP contribution in [-0.4, -0.2) is 22.3 Å². The molecule has 0 saturated carbocycles. The fourth-order valence-electron chi connectivity index (χ4n) is 3.00. The molecule has 0 spiro atoms. The molecule has 0 radical (unpaired) electrons. The Morgan fingerprint density at radius 2 is 2.00 bits per heavy atom. The Morgan fingerprint density at radius 3 is 2.83 bits per heavy atom. The summed E-state index contributed by atoms with van der Waals surface area (Å²) < 4.78 is 35.1. The van der Waals surface area contributed by atoms with Crippen molar-refractivity contribution in [3.8, 4) is 5.75 Å². The number of hydrogen-bond donors (Lipinski definition) is 2. The van der Waals surface area contributed by atoms with Gasteiger partial charge in [0.05, 0.1) is 21.5 Å². The molecule has 0 bridgehead atoms. The van der Waals surface area contributed by atoms with E-state index in [0.717, 1.165) is 0 Å². The van der Waals surface area contributed by atoms with Crippen molar-refractivity contribution >= 4 is 40.1 Å². The summed E-state index contributed by atoms with van der Waals surface area (Å²) in [5, 5.41) is 3.71. The fraction of sp³-hybridized carbons (Fsp3) is 0.150. The lowest BCUT2D eigenvalue weighted by molar-refractivity contribution is 0.221. The van der Waals surface area contributed by atoms with Crippen molar-refractivity contribution in [1.29, 1.82) is 0 Å². The molecular formula is C20H16Cl2FN3O2S. The molecule has 4 rings (SSSR count). The summed E-state index contributed by atoms with van der Waals surface area (Å²) in [7, 11) is -1.49. The van der Waals surface area contributed by atoms with Gasteiger partial charge in [0, 0.05) is 0 Å². The number of benzene rings is 2. The number of halogens is 3. The summed E-state index contributed by atoms with van der Waals surface area (Å²) in [6.07, 6.45) is 4.98. The van der Waals surface area contributed by atoms with E-state index in [9.17, 15) is 8.60 Å². The molecule has 1 aliphatic carbocycles. The van der Waals surface area contributed by atoms with Crippen LogP contribution in [0.4, 0.5) is 4.39 Å². The number of aliphatic imine (C=N–C) groups is 1. The van der Waals surface area contributed by atoms with E-state index in [4.69, 9.17) is 27.9 Å². The maximum Gasteiger partial charge on any atom is 0.204 e. The Morgan fingerprint density at radius 1 is 1.17 bits per heavy atom. The van der Waals surface area contributed by atoms with Crippen molar-refractivity contribution in [2.45, 2.75) is 18.7 Å². The zero-order chi connectivity index (χ0) is 20.4. The number of nitrogens with one attached hydrogen (secondary N) is 2. The number of ether oxygens (including phenoxy) is 1. The van der Waals surface area contributed by atoms with Crippen LogP contribution in [0.25, 0.3) is 0 Å². The number of rotatable bonds is 4. The average molecular weight is 452 g/mol. The zero-order valence-electron chi connectivity index (χ0n) is 14.9. The highest BCUT2D eigenvalue weighted by Gasteiger charge is 2.35. The Labute approximate surface area is 179 Å². The van der Waals surface area contributed by atoms with Crippen LogP contribution < -0.4 is 14.8 Å². The third kappa shape index (κ3) is 4.32. The van der Waals surface area contributed by atoms with Gasteiger partial charge in [-0.3, -0.25) is 4.72 Å². The molecule has 2 aliphatic rings. The van der Waals surface area contributed by atoms with Crippen LogP contribution in [0.15, 0.2) is 70.6 Å². The van der Waals surface area contributed by atoms with E-state index in [0.29, 0.717) is 27.2 Å². The molecule has 29 heavy (non-hydrogen) atoms. The smallest absolute Gasteiger partial charge is 0.204 e. The molecule has 2 aromatic rings. The lowest BCUT2D eigenvalue weighted by atomic mass is 10.1. The summed E-state index contributed by atoms with van der Waals surface area (Å²) in [6, 6.07) is 11.3. The molecule has 5 nitrogen and oxygen atoms in total. The molecule has 3 atom stereocenters. The summed E-state index contributed by atoms with van der Waals surface area (Å²) in [5.41, 5.74) is 0.530. The first-order valence-corrected chi connectivity index (χ1v) is 10.7. The molecule has 1 saturated heterocycles. The first kappa shape index (κ1) is 19.9. The average Bonchev–Trinajstić information content (AvgIpc) is 2.71. The maximum atomic E-state index is 13.6. The number of allylic oxidation sites excluding steroid dienone is 2. The summed E-state index contributed by atoms with van der Waals surface area (Å²) in [5.74, 6) is 0.337. The molecule has 2 aromatic carbocycles. The van der Waals surface area contributed by atoms with Crippen LogP contribution in [0.3, 0.4) is 0 Å². The molecule has 0 aromatic heterocycles. The van der Waals surface area contributed by atoms with E-state index in [1.807, 2.05) is 18.2 Å². The van der Waals surface area contributed by atoms with Gasteiger partial charge in [-0.05, 0) is 35.9 Å². The van der Waals surface area contributed by atoms with E-state index in [1.54, 1.807) is 36.4 Å². The first-order chi connectivity index (χ1) is 14.0. The molecule has 1 aliphatic heterocycles. The molecule has 1 heterocycles. The topological polar surface area (TPSA) is 62.7 Å². The molecule has 0 amide bonds. The van der Waals surface area contributed by atoms with Gasteiger partial charge < -0.3 is 10.1 Å². The van der Waals surface area contributed by atoms with E-state index in [2.05, 4.69) is 15.0 Å². The van der Waals surface area contributed by atoms with Crippen molar-refractivity contribution in [1.82, 2.24) is 10.0 Å². The van der Waals surface area contributed by atoms with Crippen LogP contribution in [0, 0.1) is 5.82 Å². The highest BCUT2D eigenvalue weighted by atomic mass is 35.5. The summed E-state index contributed by atoms with van der Waals surface area (Å²) in [6.45, 7) is 0.126. The summed E-state index contributed by atoms with van der Waals surface area (Å²) in [4.78, 5) is 5.00. The monoisotopic (exact) mass is 451 g/mol. The van der Waals surface area contributed by atoms with Crippen LogP contribution in [-0.2, 0) is 17.5 Å². The molecule has 3 unspecified atom stereocenters. The number of para-hydroxylation sites is 1. The molecule has 9 heteroatoms. The van der Waals surface area contributed by atoms with Gasteiger partial charge in [-0.25, -0.2) is 13.6 Å². The lowest BCUT2D eigenvalue weighted by Crippen LogP contribution is -2.57. The van der Waals surface area contributed by atoms with Crippen molar-refractivity contribution < 1.29 is 13.3 Å². The van der Waals surface area contributed by atoms with Crippen molar-refractivity contribution in [2.75, 3.05) is 0 Å². The Hall–Kier alpha value is -2.35. The minimum absolute atomic E-state index is 0.0231. The van der Waals surface area contributed by atoms with E-state index >= 15 is 0 Å². The third-order valence-corrected chi connectivity index (χ3v) is 6.36. The van der Waals surface area contributed by atoms with Crippen LogP contribution in [0.5, 0.6) is 5.75 Å².